The fourth-order valence-electron chi connectivity index (χ4n) is 1.50. The maximum absolute atomic E-state index is 8.41. The van der Waals surface area contributed by atoms with Crippen LogP contribution in [0.15, 0.2) is 42.6 Å². The predicted molar refractivity (Wildman–Crippen MR) is 74.1 cm³/mol. The maximum Gasteiger partial charge on any atom is 0.174 e. The largest absolute Gasteiger partial charge is 0.479 e. The molecule has 5 heteroatoms. The molecule has 0 saturated heterocycles. The highest BCUT2D eigenvalue weighted by Gasteiger charge is 1.97. The number of halogens is 1. The normalized spacial score (nSPS) is 9.68. The van der Waals surface area contributed by atoms with Crippen LogP contribution in [-0.2, 0) is 6.54 Å². The summed E-state index contributed by atoms with van der Waals surface area (Å²) in [7, 11) is 0. The van der Waals surface area contributed by atoms with Gasteiger partial charge in [-0.25, -0.2) is 4.98 Å². The summed E-state index contributed by atoms with van der Waals surface area (Å²) >= 11 is 5.71. The van der Waals surface area contributed by atoms with E-state index in [9.17, 15) is 0 Å². The Morgan fingerprint density at radius 2 is 2.00 bits per heavy atom. The van der Waals surface area contributed by atoms with Gasteiger partial charge >= 0.3 is 0 Å². The van der Waals surface area contributed by atoms with Gasteiger partial charge in [-0.3, -0.25) is 0 Å². The summed E-state index contributed by atoms with van der Waals surface area (Å²) in [6, 6.07) is 13.1. The first kappa shape index (κ1) is 13.2. The summed E-state index contributed by atoms with van der Waals surface area (Å²) in [5.74, 6) is 0.693. The second-order valence-electron chi connectivity index (χ2n) is 3.81. The van der Waals surface area contributed by atoms with E-state index < -0.39 is 0 Å². The van der Waals surface area contributed by atoms with Crippen LogP contribution in [0.25, 0.3) is 0 Å². The van der Waals surface area contributed by atoms with Crippen molar-refractivity contribution >= 4 is 17.3 Å². The molecule has 2 rings (SSSR count). The molecule has 0 aliphatic rings. The molecule has 0 aliphatic carbocycles. The van der Waals surface area contributed by atoms with Gasteiger partial charge in [0.2, 0.25) is 0 Å². The lowest BCUT2D eigenvalue weighted by Crippen LogP contribution is -2.00. The number of anilines is 1. The first-order chi connectivity index (χ1) is 9.28. The van der Waals surface area contributed by atoms with Crippen molar-refractivity contribution in [2.45, 2.75) is 6.54 Å². The van der Waals surface area contributed by atoms with Crippen molar-refractivity contribution in [3.05, 3.63) is 53.3 Å². The van der Waals surface area contributed by atoms with Crippen LogP contribution in [0.4, 0.5) is 5.69 Å². The zero-order valence-electron chi connectivity index (χ0n) is 10.1. The van der Waals surface area contributed by atoms with E-state index in [4.69, 9.17) is 21.6 Å². The number of nitrogens with one attached hydrogen (secondary N) is 1. The number of nitrogens with zero attached hydrogens (tertiary/aromatic N) is 2. The molecule has 0 bridgehead atoms. The van der Waals surface area contributed by atoms with Crippen molar-refractivity contribution in [2.24, 2.45) is 0 Å². The van der Waals surface area contributed by atoms with E-state index >= 15 is 0 Å². The smallest absolute Gasteiger partial charge is 0.174 e. The molecule has 19 heavy (non-hydrogen) atoms. The zero-order valence-corrected chi connectivity index (χ0v) is 10.9. The average molecular weight is 274 g/mol. The van der Waals surface area contributed by atoms with Crippen molar-refractivity contribution in [2.75, 3.05) is 11.9 Å². The molecular formula is C14H12ClN3O. The van der Waals surface area contributed by atoms with Gasteiger partial charge in [0.25, 0.3) is 0 Å². The monoisotopic (exact) mass is 273 g/mol. The van der Waals surface area contributed by atoms with Crippen LogP contribution < -0.4 is 10.1 Å². The van der Waals surface area contributed by atoms with E-state index in [1.165, 1.54) is 0 Å². The molecule has 96 valence electrons. The lowest BCUT2D eigenvalue weighted by molar-refractivity contribution is 0.368. The molecule has 2 aromatic rings. The summed E-state index contributed by atoms with van der Waals surface area (Å²) in [4.78, 5) is 3.99. The van der Waals surface area contributed by atoms with Gasteiger partial charge in [0, 0.05) is 6.54 Å². The molecule has 0 fully saturated rings. The number of rotatable bonds is 5. The molecule has 1 aromatic carbocycles. The third-order valence-electron chi connectivity index (χ3n) is 2.45. The summed E-state index contributed by atoms with van der Waals surface area (Å²) in [5.41, 5.74) is 2.02. The molecule has 0 unspecified atom stereocenters. The molecule has 0 spiro atoms. The van der Waals surface area contributed by atoms with E-state index in [1.807, 2.05) is 36.4 Å². The lowest BCUT2D eigenvalue weighted by atomic mass is 10.2. The number of nitriles is 1. The zero-order chi connectivity index (χ0) is 13.5. The molecular weight excluding hydrogens is 262 g/mol. The average Bonchev–Trinajstić information content (AvgIpc) is 2.46. The van der Waals surface area contributed by atoms with Gasteiger partial charge in [-0.2, -0.15) is 5.26 Å². The molecule has 0 atom stereocenters. The second kappa shape index (κ2) is 6.62. The van der Waals surface area contributed by atoms with E-state index in [0.29, 0.717) is 17.4 Å². The third-order valence-corrected chi connectivity index (χ3v) is 2.67. The highest BCUT2D eigenvalue weighted by molar-refractivity contribution is 6.29. The van der Waals surface area contributed by atoms with Crippen LogP contribution in [-0.4, -0.2) is 11.6 Å². The lowest BCUT2D eigenvalue weighted by Gasteiger charge is -2.07. The van der Waals surface area contributed by atoms with Crippen LogP contribution in [0, 0.1) is 11.3 Å². The standard InChI is InChI=1S/C14H12ClN3O/c15-14-6-3-12(10-18-14)17-9-11-1-4-13(5-2-11)19-8-7-16/h1-6,10,17H,8-9H2. The first-order valence-corrected chi connectivity index (χ1v) is 6.10. The minimum atomic E-state index is 0.0635. The minimum absolute atomic E-state index is 0.0635. The van der Waals surface area contributed by atoms with Gasteiger partial charge in [0.05, 0.1) is 11.9 Å². The molecule has 0 radical (unpaired) electrons. The third kappa shape index (κ3) is 4.16. The minimum Gasteiger partial charge on any atom is -0.479 e. The van der Waals surface area contributed by atoms with Crippen molar-refractivity contribution in [3.63, 3.8) is 0 Å². The Kier molecular flexibility index (Phi) is 4.60. The van der Waals surface area contributed by atoms with E-state index in [1.54, 1.807) is 12.3 Å². The Morgan fingerprint density at radius 3 is 2.63 bits per heavy atom. The maximum atomic E-state index is 8.41. The van der Waals surface area contributed by atoms with E-state index in [-0.39, 0.29) is 6.61 Å². The molecule has 0 aliphatic heterocycles. The van der Waals surface area contributed by atoms with Crippen LogP contribution in [0.1, 0.15) is 5.56 Å². The van der Waals surface area contributed by atoms with Gasteiger partial charge in [-0.15, -0.1) is 0 Å². The summed E-state index contributed by atoms with van der Waals surface area (Å²) in [5, 5.41) is 12.1. The molecule has 1 N–H and O–H groups in total. The summed E-state index contributed by atoms with van der Waals surface area (Å²) in [6.07, 6.45) is 1.69. The molecule has 4 nitrogen and oxygen atoms in total. The van der Waals surface area contributed by atoms with E-state index in [0.717, 1.165) is 11.3 Å². The SMILES string of the molecule is N#CCOc1ccc(CNc2ccc(Cl)nc2)cc1. The van der Waals surface area contributed by atoms with Gasteiger partial charge in [0.1, 0.15) is 17.0 Å². The fourth-order valence-corrected chi connectivity index (χ4v) is 1.62. The number of hydrogen-bond acceptors (Lipinski definition) is 4. The van der Waals surface area contributed by atoms with Gasteiger partial charge in [-0.05, 0) is 29.8 Å². The highest BCUT2D eigenvalue weighted by atomic mass is 35.5. The summed E-state index contributed by atoms with van der Waals surface area (Å²) < 4.78 is 5.18. The Bertz CT molecular complexity index is 561. The number of ether oxygens (including phenoxy) is 1. The Labute approximate surface area is 116 Å². The molecule has 1 aromatic heterocycles. The van der Waals surface area contributed by atoms with E-state index in [2.05, 4.69) is 10.3 Å². The quantitative estimate of drug-likeness (QED) is 0.850. The topological polar surface area (TPSA) is 57.9 Å². The molecule has 0 amide bonds. The van der Waals surface area contributed by atoms with Crippen molar-refractivity contribution in [1.82, 2.24) is 4.98 Å². The number of benzene rings is 1. The Morgan fingerprint density at radius 1 is 1.21 bits per heavy atom. The molecule has 0 saturated carbocycles. The molecule has 1 heterocycles. The van der Waals surface area contributed by atoms with Crippen LogP contribution in [0.5, 0.6) is 5.75 Å². The van der Waals surface area contributed by atoms with Gasteiger partial charge in [0.15, 0.2) is 6.61 Å². The van der Waals surface area contributed by atoms with Crippen LogP contribution in [0.3, 0.4) is 0 Å². The Balaban J connectivity index is 1.89. The van der Waals surface area contributed by atoms with Crippen molar-refractivity contribution in [3.8, 4) is 11.8 Å². The van der Waals surface area contributed by atoms with Crippen molar-refractivity contribution < 1.29 is 4.74 Å². The van der Waals surface area contributed by atoms with Gasteiger partial charge < -0.3 is 10.1 Å². The van der Waals surface area contributed by atoms with Gasteiger partial charge in [-0.1, -0.05) is 23.7 Å². The summed E-state index contributed by atoms with van der Waals surface area (Å²) in [6.45, 7) is 0.746. The number of aromatic nitrogens is 1. The second-order valence-corrected chi connectivity index (χ2v) is 4.20. The highest BCUT2D eigenvalue weighted by Crippen LogP contribution is 2.14. The van der Waals surface area contributed by atoms with Crippen LogP contribution >= 0.6 is 11.6 Å². The number of hydrogen-bond donors (Lipinski definition) is 1. The first-order valence-electron chi connectivity index (χ1n) is 5.72. The predicted octanol–water partition coefficient (Wildman–Crippen LogP) is 3.25. The number of pyridine rings is 1. The Hall–Kier alpha value is -2.25. The van der Waals surface area contributed by atoms with Crippen LogP contribution in [0.2, 0.25) is 5.15 Å². The fraction of sp³-hybridized carbons (Fsp3) is 0.143. The van der Waals surface area contributed by atoms with Crippen molar-refractivity contribution in [1.29, 1.82) is 5.26 Å².